The summed E-state index contributed by atoms with van der Waals surface area (Å²) in [6.45, 7) is 5.10. The van der Waals surface area contributed by atoms with Gasteiger partial charge in [-0.25, -0.2) is 0 Å². The number of likely N-dealkylation sites (N-methyl/N-ethyl adjacent to an activating group) is 1. The second-order valence-corrected chi connectivity index (χ2v) is 6.61. The Kier molecular flexibility index (Phi) is 6.86. The molecular weight excluding hydrogens is 374 g/mol. The van der Waals surface area contributed by atoms with Crippen LogP contribution in [-0.2, 0) is 4.79 Å². The molecule has 1 rings (SSSR count). The van der Waals surface area contributed by atoms with Crippen LogP contribution in [0.3, 0.4) is 0 Å². The zero-order valence-corrected chi connectivity index (χ0v) is 14.6. The topological polar surface area (TPSA) is 29.5 Å². The number of rotatable bonds is 6. The van der Waals surface area contributed by atoms with Crippen LogP contribution >= 0.6 is 31.9 Å². The molecule has 0 fully saturated rings. The monoisotopic (exact) mass is 391 g/mol. The zero-order valence-electron chi connectivity index (χ0n) is 11.4. The minimum atomic E-state index is -0.134. The van der Waals surface area contributed by atoms with Gasteiger partial charge in [0.25, 0.3) is 0 Å². The normalized spacial score (nSPS) is 12.3. The molecule has 1 atom stereocenters. The standard InChI is InChI=1S/C14H19Br2NO2/c1-10(2)13(16)14(18)17(3)8-9-19-12-6-4-11(15)5-7-12/h4-7,10,13H,8-9H2,1-3H3. The van der Waals surface area contributed by atoms with E-state index in [9.17, 15) is 4.79 Å². The van der Waals surface area contributed by atoms with E-state index in [1.54, 1.807) is 11.9 Å². The Morgan fingerprint density at radius 1 is 1.32 bits per heavy atom. The van der Waals surface area contributed by atoms with Crippen LogP contribution in [-0.4, -0.2) is 35.8 Å². The number of benzene rings is 1. The Labute approximate surface area is 131 Å². The molecule has 5 heteroatoms. The molecule has 0 saturated heterocycles. The van der Waals surface area contributed by atoms with Crippen LogP contribution < -0.4 is 4.74 Å². The molecule has 0 aliphatic rings. The summed E-state index contributed by atoms with van der Waals surface area (Å²) in [5, 5.41) is 0. The summed E-state index contributed by atoms with van der Waals surface area (Å²) in [5.74, 6) is 1.18. The van der Waals surface area contributed by atoms with Crippen molar-refractivity contribution in [3.63, 3.8) is 0 Å². The first kappa shape index (κ1) is 16.5. The van der Waals surface area contributed by atoms with Gasteiger partial charge in [0.2, 0.25) is 5.91 Å². The average molecular weight is 393 g/mol. The molecule has 3 nitrogen and oxygen atoms in total. The van der Waals surface area contributed by atoms with Crippen molar-refractivity contribution in [1.82, 2.24) is 4.90 Å². The number of hydrogen-bond acceptors (Lipinski definition) is 2. The van der Waals surface area contributed by atoms with Gasteiger partial charge in [-0.15, -0.1) is 0 Å². The fourth-order valence-electron chi connectivity index (χ4n) is 1.44. The molecule has 0 aliphatic heterocycles. The lowest BCUT2D eigenvalue weighted by Crippen LogP contribution is -2.38. The third-order valence-electron chi connectivity index (χ3n) is 2.71. The van der Waals surface area contributed by atoms with E-state index in [4.69, 9.17) is 4.74 Å². The summed E-state index contributed by atoms with van der Waals surface area (Å²) in [6.07, 6.45) is 0. The molecule has 0 bridgehead atoms. The number of alkyl halides is 1. The lowest BCUT2D eigenvalue weighted by molar-refractivity contribution is -0.130. The molecule has 1 amide bonds. The van der Waals surface area contributed by atoms with Gasteiger partial charge in [0, 0.05) is 11.5 Å². The molecule has 1 aromatic carbocycles. The highest BCUT2D eigenvalue weighted by atomic mass is 79.9. The summed E-state index contributed by atoms with van der Waals surface area (Å²) in [5.41, 5.74) is 0. The van der Waals surface area contributed by atoms with E-state index < -0.39 is 0 Å². The van der Waals surface area contributed by atoms with Crippen molar-refractivity contribution in [3.8, 4) is 5.75 Å². The zero-order chi connectivity index (χ0) is 14.4. The Bertz CT molecular complexity index is 406. The number of halogens is 2. The second kappa shape index (κ2) is 7.90. The fourth-order valence-corrected chi connectivity index (χ4v) is 2.05. The van der Waals surface area contributed by atoms with Crippen molar-refractivity contribution in [2.24, 2.45) is 5.92 Å². The van der Waals surface area contributed by atoms with Crippen molar-refractivity contribution in [3.05, 3.63) is 28.7 Å². The Balaban J connectivity index is 2.36. The Hall–Kier alpha value is -0.550. The minimum Gasteiger partial charge on any atom is -0.492 e. The fraction of sp³-hybridized carbons (Fsp3) is 0.500. The molecule has 0 spiro atoms. The molecule has 0 saturated carbocycles. The van der Waals surface area contributed by atoms with Gasteiger partial charge in [0.15, 0.2) is 0 Å². The first-order valence-corrected chi connectivity index (χ1v) is 7.90. The van der Waals surface area contributed by atoms with Crippen LogP contribution in [0.25, 0.3) is 0 Å². The van der Waals surface area contributed by atoms with Crippen LogP contribution in [0.5, 0.6) is 5.75 Å². The van der Waals surface area contributed by atoms with Gasteiger partial charge in [-0.3, -0.25) is 4.79 Å². The molecule has 0 aromatic heterocycles. The van der Waals surface area contributed by atoms with Crippen molar-refractivity contribution in [2.75, 3.05) is 20.2 Å². The van der Waals surface area contributed by atoms with E-state index in [2.05, 4.69) is 31.9 Å². The number of nitrogens with zero attached hydrogens (tertiary/aromatic N) is 1. The Morgan fingerprint density at radius 3 is 2.42 bits per heavy atom. The summed E-state index contributed by atoms with van der Waals surface area (Å²) < 4.78 is 6.61. The lowest BCUT2D eigenvalue weighted by atomic mass is 10.1. The molecule has 106 valence electrons. The van der Waals surface area contributed by atoms with Gasteiger partial charge in [-0.2, -0.15) is 0 Å². The van der Waals surface area contributed by atoms with Gasteiger partial charge in [0.05, 0.1) is 11.4 Å². The highest BCUT2D eigenvalue weighted by Crippen LogP contribution is 2.16. The minimum absolute atomic E-state index is 0.0920. The van der Waals surface area contributed by atoms with E-state index in [0.717, 1.165) is 10.2 Å². The van der Waals surface area contributed by atoms with Crippen molar-refractivity contribution in [1.29, 1.82) is 0 Å². The molecule has 0 N–H and O–H groups in total. The molecule has 1 aromatic rings. The smallest absolute Gasteiger partial charge is 0.236 e. The van der Waals surface area contributed by atoms with Crippen molar-refractivity contribution in [2.45, 2.75) is 18.7 Å². The average Bonchev–Trinajstić information content (AvgIpc) is 2.39. The first-order valence-electron chi connectivity index (χ1n) is 6.19. The summed E-state index contributed by atoms with van der Waals surface area (Å²) in [4.78, 5) is 13.5. The highest BCUT2D eigenvalue weighted by molar-refractivity contribution is 9.10. The van der Waals surface area contributed by atoms with Crippen LogP contribution in [0.2, 0.25) is 0 Å². The second-order valence-electron chi connectivity index (χ2n) is 4.71. The van der Waals surface area contributed by atoms with Crippen LogP contribution in [0.1, 0.15) is 13.8 Å². The molecule has 0 aliphatic carbocycles. The number of carbonyl (C=O) groups is 1. The maximum absolute atomic E-state index is 12.0. The Morgan fingerprint density at radius 2 is 1.89 bits per heavy atom. The maximum Gasteiger partial charge on any atom is 0.236 e. The molecule has 19 heavy (non-hydrogen) atoms. The highest BCUT2D eigenvalue weighted by Gasteiger charge is 2.21. The number of ether oxygens (including phenoxy) is 1. The van der Waals surface area contributed by atoms with Crippen LogP contribution in [0.4, 0.5) is 0 Å². The SMILES string of the molecule is CC(C)C(Br)C(=O)N(C)CCOc1ccc(Br)cc1. The van der Waals surface area contributed by atoms with Crippen LogP contribution in [0, 0.1) is 5.92 Å². The van der Waals surface area contributed by atoms with E-state index in [1.165, 1.54) is 0 Å². The van der Waals surface area contributed by atoms with Crippen LogP contribution in [0.15, 0.2) is 28.7 Å². The maximum atomic E-state index is 12.0. The van der Waals surface area contributed by atoms with E-state index in [-0.39, 0.29) is 16.7 Å². The number of hydrogen-bond donors (Lipinski definition) is 0. The summed E-state index contributed by atoms with van der Waals surface area (Å²) >= 11 is 6.79. The van der Waals surface area contributed by atoms with Gasteiger partial charge < -0.3 is 9.64 Å². The summed E-state index contributed by atoms with van der Waals surface area (Å²) in [7, 11) is 1.80. The van der Waals surface area contributed by atoms with Crippen molar-refractivity contribution >= 4 is 37.8 Å². The van der Waals surface area contributed by atoms with Gasteiger partial charge in [0.1, 0.15) is 12.4 Å². The third-order valence-corrected chi connectivity index (χ3v) is 4.68. The number of carbonyl (C=O) groups excluding carboxylic acids is 1. The van der Waals surface area contributed by atoms with Gasteiger partial charge in [-0.05, 0) is 30.2 Å². The van der Waals surface area contributed by atoms with Crippen molar-refractivity contribution < 1.29 is 9.53 Å². The van der Waals surface area contributed by atoms with Gasteiger partial charge >= 0.3 is 0 Å². The molecular formula is C14H19Br2NO2. The molecule has 0 radical (unpaired) electrons. The third kappa shape index (κ3) is 5.53. The predicted molar refractivity (Wildman–Crippen MR) is 84.8 cm³/mol. The van der Waals surface area contributed by atoms with E-state index in [0.29, 0.717) is 13.2 Å². The lowest BCUT2D eigenvalue weighted by Gasteiger charge is -2.22. The first-order chi connectivity index (χ1) is 8.91. The summed E-state index contributed by atoms with van der Waals surface area (Å²) in [6, 6.07) is 7.65. The van der Waals surface area contributed by atoms with Gasteiger partial charge in [-0.1, -0.05) is 45.7 Å². The number of amides is 1. The largest absolute Gasteiger partial charge is 0.492 e. The molecule has 1 unspecified atom stereocenters. The quantitative estimate of drug-likeness (QED) is 0.690. The molecule has 0 heterocycles. The van der Waals surface area contributed by atoms with E-state index >= 15 is 0 Å². The van der Waals surface area contributed by atoms with E-state index in [1.807, 2.05) is 38.1 Å². The predicted octanol–water partition coefficient (Wildman–Crippen LogP) is 3.71.